The summed E-state index contributed by atoms with van der Waals surface area (Å²) in [5, 5.41) is 2.80. The van der Waals surface area contributed by atoms with E-state index in [-0.39, 0.29) is 16.5 Å². The van der Waals surface area contributed by atoms with Crippen LogP contribution in [0.4, 0.5) is 10.1 Å². The van der Waals surface area contributed by atoms with Crippen molar-refractivity contribution in [1.82, 2.24) is 5.32 Å². The third-order valence-electron chi connectivity index (χ3n) is 3.84. The fourth-order valence-corrected chi connectivity index (χ4v) is 3.32. The molecule has 0 radical (unpaired) electrons. The van der Waals surface area contributed by atoms with Gasteiger partial charge in [0.25, 0.3) is 15.9 Å². The van der Waals surface area contributed by atoms with Gasteiger partial charge in [0.05, 0.1) is 4.90 Å². The van der Waals surface area contributed by atoms with Crippen LogP contribution < -0.4 is 10.0 Å². The number of hydrogen-bond donors (Lipinski definition) is 2. The van der Waals surface area contributed by atoms with E-state index in [1.807, 2.05) is 0 Å². The number of benzene rings is 2. The molecule has 2 aromatic rings. The van der Waals surface area contributed by atoms with Gasteiger partial charge >= 0.3 is 0 Å². The van der Waals surface area contributed by atoms with Crippen LogP contribution in [0.15, 0.2) is 47.4 Å². The van der Waals surface area contributed by atoms with Gasteiger partial charge in [-0.25, -0.2) is 12.8 Å². The summed E-state index contributed by atoms with van der Waals surface area (Å²) in [5.41, 5.74) is 0.954. The molecule has 5 nitrogen and oxygen atoms in total. The van der Waals surface area contributed by atoms with Gasteiger partial charge in [0.2, 0.25) is 0 Å². The average molecular weight is 378 g/mol. The molecule has 0 aliphatic heterocycles. The van der Waals surface area contributed by atoms with E-state index in [1.165, 1.54) is 24.3 Å². The molecular formula is C19H23FN2O3S. The molecule has 140 valence electrons. The van der Waals surface area contributed by atoms with Crippen LogP contribution >= 0.6 is 0 Å². The third kappa shape index (κ3) is 5.29. The Morgan fingerprint density at radius 2 is 1.88 bits per heavy atom. The summed E-state index contributed by atoms with van der Waals surface area (Å²) in [7, 11) is -3.94. The number of halogens is 1. The molecule has 26 heavy (non-hydrogen) atoms. The first-order valence-corrected chi connectivity index (χ1v) is 9.84. The van der Waals surface area contributed by atoms with Gasteiger partial charge in [0.1, 0.15) is 5.82 Å². The Balaban J connectivity index is 2.14. The Hall–Kier alpha value is -2.41. The second kappa shape index (κ2) is 8.31. The topological polar surface area (TPSA) is 75.3 Å². The molecule has 0 fully saturated rings. The van der Waals surface area contributed by atoms with Crippen molar-refractivity contribution in [2.24, 2.45) is 5.92 Å². The van der Waals surface area contributed by atoms with Crippen LogP contribution in [0.2, 0.25) is 0 Å². The van der Waals surface area contributed by atoms with Gasteiger partial charge in [-0.3, -0.25) is 9.52 Å². The van der Waals surface area contributed by atoms with Crippen molar-refractivity contribution < 1.29 is 17.6 Å². The Bertz CT molecular complexity index is 895. The number of hydrogen-bond acceptors (Lipinski definition) is 3. The summed E-state index contributed by atoms with van der Waals surface area (Å²) in [5.74, 6) is -0.386. The lowest BCUT2D eigenvalue weighted by Gasteiger charge is -2.11. The molecule has 1 amide bonds. The van der Waals surface area contributed by atoms with Gasteiger partial charge in [0, 0.05) is 17.8 Å². The molecule has 0 bridgehead atoms. The molecule has 2 aromatic carbocycles. The predicted molar refractivity (Wildman–Crippen MR) is 100 cm³/mol. The molecule has 0 saturated heterocycles. The number of rotatable bonds is 7. The minimum Gasteiger partial charge on any atom is -0.352 e. The number of sulfonamides is 1. The molecule has 0 aliphatic rings. The highest BCUT2D eigenvalue weighted by molar-refractivity contribution is 7.92. The first kappa shape index (κ1) is 19.9. The lowest BCUT2D eigenvalue weighted by Crippen LogP contribution is -2.25. The number of anilines is 1. The van der Waals surface area contributed by atoms with Crippen LogP contribution in [-0.4, -0.2) is 20.9 Å². The average Bonchev–Trinajstić information content (AvgIpc) is 2.56. The molecular weight excluding hydrogens is 355 g/mol. The van der Waals surface area contributed by atoms with Gasteiger partial charge < -0.3 is 5.32 Å². The van der Waals surface area contributed by atoms with Crippen molar-refractivity contribution in [2.75, 3.05) is 11.3 Å². The van der Waals surface area contributed by atoms with Gasteiger partial charge in [-0.1, -0.05) is 26.0 Å². The Kier molecular flexibility index (Phi) is 6.37. The van der Waals surface area contributed by atoms with Crippen molar-refractivity contribution in [3.8, 4) is 0 Å². The van der Waals surface area contributed by atoms with E-state index < -0.39 is 15.8 Å². The second-order valence-corrected chi connectivity index (χ2v) is 8.22. The maximum atomic E-state index is 13.6. The Morgan fingerprint density at radius 1 is 1.15 bits per heavy atom. The highest BCUT2D eigenvalue weighted by atomic mass is 32.2. The quantitative estimate of drug-likeness (QED) is 0.771. The number of carbonyl (C=O) groups excluding carboxylic acids is 1. The largest absolute Gasteiger partial charge is 0.352 e. The fraction of sp³-hybridized carbons (Fsp3) is 0.316. The van der Waals surface area contributed by atoms with Gasteiger partial charge in [-0.2, -0.15) is 0 Å². The van der Waals surface area contributed by atoms with E-state index in [1.54, 1.807) is 19.1 Å². The van der Waals surface area contributed by atoms with Crippen LogP contribution in [0, 0.1) is 18.7 Å². The van der Waals surface area contributed by atoms with E-state index in [2.05, 4.69) is 23.9 Å². The summed E-state index contributed by atoms with van der Waals surface area (Å²) >= 11 is 0. The van der Waals surface area contributed by atoms with Crippen LogP contribution in [0.1, 0.15) is 36.2 Å². The maximum Gasteiger partial charge on any atom is 0.261 e. The molecule has 0 aliphatic carbocycles. The molecule has 7 heteroatoms. The van der Waals surface area contributed by atoms with Crippen molar-refractivity contribution >= 4 is 21.6 Å². The number of aryl methyl sites for hydroxylation is 1. The maximum absolute atomic E-state index is 13.6. The first-order valence-electron chi connectivity index (χ1n) is 8.36. The van der Waals surface area contributed by atoms with Crippen LogP contribution in [0.5, 0.6) is 0 Å². The third-order valence-corrected chi connectivity index (χ3v) is 5.22. The standard InChI is InChI=1S/C19H23FN2O3S/c1-13(2)9-10-21-19(23)15-5-4-6-16(11-15)22-26(24,25)17-8-7-14(3)18(20)12-17/h4-8,11-13,22H,9-10H2,1-3H3,(H,21,23). The molecule has 0 spiro atoms. The highest BCUT2D eigenvalue weighted by Crippen LogP contribution is 2.19. The van der Waals surface area contributed by atoms with Crippen molar-refractivity contribution in [2.45, 2.75) is 32.1 Å². The molecule has 0 heterocycles. The van der Waals surface area contributed by atoms with E-state index in [9.17, 15) is 17.6 Å². The van der Waals surface area contributed by atoms with Crippen LogP contribution in [0.3, 0.4) is 0 Å². The number of nitrogens with one attached hydrogen (secondary N) is 2. The molecule has 0 saturated carbocycles. The van der Waals surface area contributed by atoms with E-state index in [0.29, 0.717) is 23.6 Å². The van der Waals surface area contributed by atoms with Crippen LogP contribution in [-0.2, 0) is 10.0 Å². The minimum atomic E-state index is -3.94. The Labute approximate surface area is 153 Å². The molecule has 0 atom stereocenters. The van der Waals surface area contributed by atoms with Gasteiger partial charge in [-0.15, -0.1) is 0 Å². The predicted octanol–water partition coefficient (Wildman–Crippen LogP) is 3.71. The van der Waals surface area contributed by atoms with Crippen molar-refractivity contribution in [3.05, 3.63) is 59.4 Å². The van der Waals surface area contributed by atoms with E-state index >= 15 is 0 Å². The zero-order chi connectivity index (χ0) is 19.3. The minimum absolute atomic E-state index is 0.174. The fourth-order valence-electron chi connectivity index (χ4n) is 2.26. The first-order chi connectivity index (χ1) is 12.2. The second-order valence-electron chi connectivity index (χ2n) is 6.54. The monoisotopic (exact) mass is 378 g/mol. The SMILES string of the molecule is Cc1ccc(S(=O)(=O)Nc2cccc(C(=O)NCCC(C)C)c2)cc1F. The lowest BCUT2D eigenvalue weighted by molar-refractivity contribution is 0.0952. The van der Waals surface area contributed by atoms with E-state index in [0.717, 1.165) is 12.5 Å². The molecule has 0 aromatic heterocycles. The summed E-state index contributed by atoms with van der Waals surface area (Å²) in [6.07, 6.45) is 0.858. The summed E-state index contributed by atoms with van der Waals surface area (Å²) < 4.78 is 40.9. The normalized spacial score (nSPS) is 11.4. The zero-order valence-corrected chi connectivity index (χ0v) is 15.9. The Morgan fingerprint density at radius 3 is 2.54 bits per heavy atom. The van der Waals surface area contributed by atoms with Gasteiger partial charge in [-0.05, 0) is 55.2 Å². The molecule has 2 N–H and O–H groups in total. The summed E-state index contributed by atoms with van der Waals surface area (Å²) in [6.45, 7) is 6.24. The zero-order valence-electron chi connectivity index (χ0n) is 15.0. The van der Waals surface area contributed by atoms with Crippen molar-refractivity contribution in [3.63, 3.8) is 0 Å². The van der Waals surface area contributed by atoms with Crippen LogP contribution in [0.25, 0.3) is 0 Å². The van der Waals surface area contributed by atoms with Gasteiger partial charge in [0.15, 0.2) is 0 Å². The number of amides is 1. The molecule has 0 unspecified atom stereocenters. The lowest BCUT2D eigenvalue weighted by atomic mass is 10.1. The number of carbonyl (C=O) groups is 1. The van der Waals surface area contributed by atoms with Crippen molar-refractivity contribution in [1.29, 1.82) is 0 Å². The summed E-state index contributed by atoms with van der Waals surface area (Å²) in [6, 6.07) is 9.89. The molecule has 2 rings (SSSR count). The van der Waals surface area contributed by atoms with E-state index in [4.69, 9.17) is 0 Å². The smallest absolute Gasteiger partial charge is 0.261 e. The summed E-state index contributed by atoms with van der Waals surface area (Å²) in [4.78, 5) is 12.0. The highest BCUT2D eigenvalue weighted by Gasteiger charge is 2.16.